The Labute approximate surface area is 349 Å². The number of hydrogen-bond donors (Lipinski definition) is 2. The molecule has 0 aliphatic rings. The highest BCUT2D eigenvalue weighted by molar-refractivity contribution is 6.08. The zero-order chi connectivity index (χ0) is 42.4. The number of aromatic amines is 1. The Balaban J connectivity index is 0.000000198. The Kier molecular flexibility index (Phi) is 13.1. The first-order valence-corrected chi connectivity index (χ1v) is 20.4. The topological polar surface area (TPSA) is 37.7 Å². The zero-order valence-electron chi connectivity index (χ0n) is 35.4. The van der Waals surface area contributed by atoms with Gasteiger partial charge in [0.15, 0.2) is 0 Å². The Hall–Kier alpha value is -6.59. The molecule has 0 amide bonds. The van der Waals surface area contributed by atoms with Crippen LogP contribution in [0.5, 0.6) is 0 Å². The third kappa shape index (κ3) is 8.66. The van der Waals surface area contributed by atoms with E-state index in [0.717, 1.165) is 92.1 Å². The van der Waals surface area contributed by atoms with E-state index in [1.807, 2.05) is 37.4 Å². The number of likely N-dealkylation sites (N-methyl/N-ethyl adjacent to an activating group) is 1. The number of rotatable bonds is 14. The van der Waals surface area contributed by atoms with Gasteiger partial charge in [0.2, 0.25) is 0 Å². The number of aryl methyl sites for hydroxylation is 2. The number of nitrogens with zero attached hydrogens (tertiary/aromatic N) is 2. The molecule has 0 bridgehead atoms. The van der Waals surface area contributed by atoms with Gasteiger partial charge < -0.3 is 19.4 Å². The van der Waals surface area contributed by atoms with E-state index in [1.54, 1.807) is 6.07 Å². The minimum Gasteiger partial charge on any atom is -0.388 e. The van der Waals surface area contributed by atoms with Crippen LogP contribution >= 0.6 is 0 Å². The van der Waals surface area contributed by atoms with Crippen molar-refractivity contribution in [2.75, 3.05) is 7.05 Å². The lowest BCUT2D eigenvalue weighted by Crippen LogP contribution is -2.08. The van der Waals surface area contributed by atoms with Crippen molar-refractivity contribution in [3.8, 4) is 22.3 Å². The zero-order valence-corrected chi connectivity index (χ0v) is 35.4. The molecule has 4 nitrogen and oxygen atoms in total. The highest BCUT2D eigenvalue weighted by atomic mass is 19.1. The van der Waals surface area contributed by atoms with E-state index in [2.05, 4.69) is 160 Å². The van der Waals surface area contributed by atoms with Gasteiger partial charge in [-0.05, 0) is 98.2 Å². The first kappa shape index (κ1) is 42.0. The smallest absolute Gasteiger partial charge is 0.123 e. The molecule has 0 fully saturated rings. The summed E-state index contributed by atoms with van der Waals surface area (Å²) in [5, 5.41) is 6.99. The summed E-state index contributed by atoms with van der Waals surface area (Å²) in [5.41, 5.74) is 15.3. The Morgan fingerprint density at radius 3 is 2.15 bits per heavy atom. The molecule has 0 aliphatic carbocycles. The van der Waals surface area contributed by atoms with Gasteiger partial charge in [-0.15, -0.1) is 13.2 Å². The summed E-state index contributed by atoms with van der Waals surface area (Å²) >= 11 is 0. The van der Waals surface area contributed by atoms with Crippen LogP contribution in [0.15, 0.2) is 148 Å². The van der Waals surface area contributed by atoms with Crippen molar-refractivity contribution in [3.63, 3.8) is 0 Å². The fraction of sp³-hybridized carbons (Fsp3) is 0.185. The van der Waals surface area contributed by atoms with Crippen LogP contribution in [0.3, 0.4) is 0 Å². The Morgan fingerprint density at radius 2 is 1.49 bits per heavy atom. The lowest BCUT2D eigenvalue weighted by Gasteiger charge is -2.17. The van der Waals surface area contributed by atoms with Gasteiger partial charge in [-0.1, -0.05) is 112 Å². The maximum atomic E-state index is 14.2. The molecule has 7 rings (SSSR count). The van der Waals surface area contributed by atoms with Crippen LogP contribution in [0.25, 0.3) is 68.4 Å². The number of halogens is 1. The maximum Gasteiger partial charge on any atom is 0.123 e. The molecular formula is C54H57FN4. The van der Waals surface area contributed by atoms with Crippen LogP contribution in [0, 0.1) is 12.7 Å². The third-order valence-corrected chi connectivity index (χ3v) is 10.8. The van der Waals surface area contributed by atoms with Crippen molar-refractivity contribution in [3.05, 3.63) is 192 Å². The van der Waals surface area contributed by atoms with Crippen LogP contribution in [-0.2, 0) is 19.4 Å². The second-order valence-electron chi connectivity index (χ2n) is 15.4. The number of aromatic nitrogens is 3. The fourth-order valence-corrected chi connectivity index (χ4v) is 8.13. The van der Waals surface area contributed by atoms with Crippen LogP contribution in [0.4, 0.5) is 4.39 Å². The molecular weight excluding hydrogens is 724 g/mol. The summed E-state index contributed by atoms with van der Waals surface area (Å²) in [6, 6.07) is 28.9. The summed E-state index contributed by atoms with van der Waals surface area (Å²) in [4.78, 5) is 3.30. The average molecular weight is 781 g/mol. The highest BCUT2D eigenvalue weighted by Gasteiger charge is 2.20. The molecule has 0 unspecified atom stereocenters. The van der Waals surface area contributed by atoms with Gasteiger partial charge in [0, 0.05) is 98.1 Å². The number of fused-ring (bicyclic) bond motifs is 2. The number of benzene rings is 4. The van der Waals surface area contributed by atoms with Gasteiger partial charge in [-0.25, -0.2) is 4.39 Å². The minimum absolute atomic E-state index is 0.245. The van der Waals surface area contributed by atoms with E-state index in [0.29, 0.717) is 0 Å². The summed E-state index contributed by atoms with van der Waals surface area (Å²) in [6.07, 6.45) is 12.9. The van der Waals surface area contributed by atoms with Crippen LogP contribution in [-0.4, -0.2) is 21.2 Å². The molecule has 0 saturated carbocycles. The maximum absolute atomic E-state index is 14.2. The monoisotopic (exact) mass is 780 g/mol. The van der Waals surface area contributed by atoms with E-state index in [1.165, 1.54) is 39.2 Å². The number of hydrogen-bond acceptors (Lipinski definition) is 1. The number of allylic oxidation sites excluding steroid dienone is 5. The summed E-state index contributed by atoms with van der Waals surface area (Å²) in [5.74, 6) is -0.245. The van der Waals surface area contributed by atoms with Crippen molar-refractivity contribution in [2.24, 2.45) is 0 Å². The molecule has 5 heteroatoms. The fourth-order valence-electron chi connectivity index (χ4n) is 8.13. The lowest BCUT2D eigenvalue weighted by atomic mass is 9.91. The SMILES string of the molecule is C=CCc1cccc(-c2c(-c3cn(C(C)C)c4ccc(F)cc34)c(=C)[nH]c2=C)c1.C=CCc1cccc(/C(C(=C)NC)=C(/C=C)c2cn(CCC)c3ccc(C)cc23)c1. The molecule has 0 radical (unpaired) electrons. The summed E-state index contributed by atoms with van der Waals surface area (Å²) < 4.78 is 18.7. The van der Waals surface area contributed by atoms with Crippen LogP contribution in [0.1, 0.15) is 61.1 Å². The molecule has 3 aromatic heterocycles. The van der Waals surface area contributed by atoms with Gasteiger partial charge in [0.25, 0.3) is 0 Å². The molecule has 0 atom stereocenters. The molecule has 0 aliphatic heterocycles. The van der Waals surface area contributed by atoms with E-state index in [4.69, 9.17) is 0 Å². The molecule has 4 aromatic carbocycles. The van der Waals surface area contributed by atoms with E-state index in [-0.39, 0.29) is 11.9 Å². The van der Waals surface area contributed by atoms with Crippen molar-refractivity contribution in [1.82, 2.24) is 19.4 Å². The average Bonchev–Trinajstić information content (AvgIpc) is 3.86. The van der Waals surface area contributed by atoms with Gasteiger partial charge in [-0.2, -0.15) is 0 Å². The largest absolute Gasteiger partial charge is 0.388 e. The molecule has 300 valence electrons. The highest BCUT2D eigenvalue weighted by Crippen LogP contribution is 2.38. The van der Waals surface area contributed by atoms with Crippen molar-refractivity contribution in [2.45, 2.75) is 59.5 Å². The molecule has 59 heavy (non-hydrogen) atoms. The normalized spacial score (nSPS) is 11.6. The van der Waals surface area contributed by atoms with Crippen LogP contribution in [0.2, 0.25) is 0 Å². The van der Waals surface area contributed by atoms with Gasteiger partial charge >= 0.3 is 0 Å². The van der Waals surface area contributed by atoms with Crippen molar-refractivity contribution >= 4 is 46.1 Å². The standard InChI is InChI=1S/C28H32N2.C26H25FN2/c1-7-11-22-12-10-13-23(18-22)28(21(5)29-6)24(9-3)26-19-30(16-8-2)27-15-14-20(4)17-25(26)27;1-6-8-19-9-7-10-20(13-19)25-17(4)28-18(5)26(25)23-15-29(16(2)3)24-12-11-21(27)14-22(23)24/h7,9-10,12-15,17-19,29H,1,3,5,8,11,16H2,2,4,6H3;6-7,9-16,28H,1,4-5,8H2,2-3H3/b28-24-;. The Morgan fingerprint density at radius 1 is 0.814 bits per heavy atom. The second kappa shape index (κ2) is 18.3. The van der Waals surface area contributed by atoms with E-state index in [9.17, 15) is 4.39 Å². The van der Waals surface area contributed by atoms with Gasteiger partial charge in [0.1, 0.15) is 5.82 Å². The van der Waals surface area contributed by atoms with Crippen molar-refractivity contribution < 1.29 is 4.39 Å². The Bertz CT molecular complexity index is 2830. The summed E-state index contributed by atoms with van der Waals surface area (Å²) in [6.45, 7) is 34.3. The first-order chi connectivity index (χ1) is 28.4. The number of nitrogens with one attached hydrogen (secondary N) is 2. The van der Waals surface area contributed by atoms with Gasteiger partial charge in [-0.3, -0.25) is 0 Å². The second-order valence-corrected chi connectivity index (χ2v) is 15.4. The first-order valence-electron chi connectivity index (χ1n) is 20.4. The molecule has 0 spiro atoms. The predicted octanol–water partition coefficient (Wildman–Crippen LogP) is 12.5. The van der Waals surface area contributed by atoms with Crippen molar-refractivity contribution in [1.29, 1.82) is 0 Å². The van der Waals surface area contributed by atoms with Gasteiger partial charge in [0.05, 0.1) is 0 Å². The number of H-pyrrole nitrogens is 1. The minimum atomic E-state index is -0.245. The molecule has 0 saturated heterocycles. The quantitative estimate of drug-likeness (QED) is 0.0837. The van der Waals surface area contributed by atoms with Crippen LogP contribution < -0.4 is 16.0 Å². The molecule has 7 aromatic rings. The lowest BCUT2D eigenvalue weighted by molar-refractivity contribution is 0.619. The predicted molar refractivity (Wildman–Crippen MR) is 254 cm³/mol. The van der Waals surface area contributed by atoms with E-state index < -0.39 is 0 Å². The summed E-state index contributed by atoms with van der Waals surface area (Å²) in [7, 11) is 1.92. The van der Waals surface area contributed by atoms with E-state index >= 15 is 0 Å². The third-order valence-electron chi connectivity index (χ3n) is 10.8. The molecule has 3 heterocycles. The molecule has 2 N–H and O–H groups in total.